The van der Waals surface area contributed by atoms with Crippen LogP contribution in [0.25, 0.3) is 0 Å². The lowest BCUT2D eigenvalue weighted by atomic mass is 9.75. The number of nitrogens with one attached hydrogen (secondary N) is 1. The van der Waals surface area contributed by atoms with Gasteiger partial charge < -0.3 is 10.2 Å². The molecule has 0 saturated carbocycles. The van der Waals surface area contributed by atoms with E-state index in [2.05, 4.69) is 46.3 Å². The Morgan fingerprint density at radius 3 is 2.65 bits per heavy atom. The molecule has 100 valence electrons. The fourth-order valence-corrected chi connectivity index (χ4v) is 3.18. The largest absolute Gasteiger partial charge is 0.346 e. The molecule has 1 rings (SSSR count). The Morgan fingerprint density at radius 1 is 1.35 bits per heavy atom. The zero-order valence-electron chi connectivity index (χ0n) is 12.4. The van der Waals surface area contributed by atoms with Gasteiger partial charge in [0, 0.05) is 12.3 Å². The summed E-state index contributed by atoms with van der Waals surface area (Å²) in [7, 11) is 4.47. The molecule has 0 spiro atoms. The highest BCUT2D eigenvalue weighted by Crippen LogP contribution is 2.32. The molecule has 0 aliphatic heterocycles. The number of allylic oxidation sites excluding steroid dienone is 2. The summed E-state index contributed by atoms with van der Waals surface area (Å²) in [6.45, 7) is 11.0. The molecule has 2 nitrogen and oxygen atoms in total. The summed E-state index contributed by atoms with van der Waals surface area (Å²) >= 11 is 0. The molecule has 2 heteroatoms. The Morgan fingerprint density at radius 2 is 2.06 bits per heavy atom. The lowest BCUT2D eigenvalue weighted by Gasteiger charge is -2.31. The monoisotopic (exact) mass is 240 g/mol. The van der Waals surface area contributed by atoms with E-state index < -0.39 is 0 Å². The number of hydrogen-bond acceptors (Lipinski definition) is 0. The first-order chi connectivity index (χ1) is 8.00. The second kappa shape index (κ2) is 7.17. The maximum atomic E-state index is 2.54. The zero-order chi connectivity index (χ0) is 12.8. The summed E-state index contributed by atoms with van der Waals surface area (Å²) in [6, 6.07) is 0. The van der Waals surface area contributed by atoms with E-state index >= 15 is 0 Å². The molecule has 0 aromatic carbocycles. The maximum Gasteiger partial charge on any atom is 0.0821 e. The van der Waals surface area contributed by atoms with Gasteiger partial charge >= 0.3 is 0 Å². The predicted molar refractivity (Wildman–Crippen MR) is 74.1 cm³/mol. The summed E-state index contributed by atoms with van der Waals surface area (Å²) in [4.78, 5) is 1.57. The highest BCUT2D eigenvalue weighted by Gasteiger charge is 2.27. The molecule has 0 saturated heterocycles. The van der Waals surface area contributed by atoms with Gasteiger partial charge in [0.1, 0.15) is 0 Å². The number of quaternary nitrogens is 2. The van der Waals surface area contributed by atoms with Gasteiger partial charge in [-0.3, -0.25) is 0 Å². The van der Waals surface area contributed by atoms with Gasteiger partial charge in [0.25, 0.3) is 0 Å². The topological polar surface area (TPSA) is 21.1 Å². The van der Waals surface area contributed by atoms with E-state index in [1.165, 1.54) is 32.5 Å². The lowest BCUT2D eigenvalue weighted by Crippen LogP contribution is -3.06. The molecule has 0 unspecified atom stereocenters. The molecule has 0 aromatic heterocycles. The van der Waals surface area contributed by atoms with Crippen LogP contribution < -0.4 is 10.2 Å². The minimum atomic E-state index is 0.773. The highest BCUT2D eigenvalue weighted by atomic mass is 15.1. The Bertz CT molecular complexity index is 245. The van der Waals surface area contributed by atoms with Gasteiger partial charge in [-0.2, -0.15) is 0 Å². The van der Waals surface area contributed by atoms with Crippen LogP contribution in [0.5, 0.6) is 0 Å². The van der Waals surface area contributed by atoms with Crippen molar-refractivity contribution < 1.29 is 10.2 Å². The van der Waals surface area contributed by atoms with E-state index in [1.807, 2.05) is 0 Å². The molecule has 0 fully saturated rings. The van der Waals surface area contributed by atoms with Crippen LogP contribution in [0, 0.1) is 17.8 Å². The third kappa shape index (κ3) is 5.22. The van der Waals surface area contributed by atoms with Crippen molar-refractivity contribution in [1.29, 1.82) is 0 Å². The van der Waals surface area contributed by atoms with Crippen LogP contribution in [0.1, 0.15) is 33.6 Å². The number of nitrogens with two attached hydrogens (primary N) is 1. The van der Waals surface area contributed by atoms with Crippen LogP contribution >= 0.6 is 0 Å². The summed E-state index contributed by atoms with van der Waals surface area (Å²) in [5.41, 5.74) is 1.59. The third-order valence-corrected chi connectivity index (χ3v) is 4.12. The van der Waals surface area contributed by atoms with Crippen molar-refractivity contribution in [3.05, 3.63) is 11.6 Å². The van der Waals surface area contributed by atoms with Crippen molar-refractivity contribution in [2.24, 2.45) is 17.8 Å². The van der Waals surface area contributed by atoms with Crippen molar-refractivity contribution in [2.45, 2.75) is 33.6 Å². The van der Waals surface area contributed by atoms with Crippen LogP contribution in [0.2, 0.25) is 0 Å². The molecular formula is C15H32N2+2. The van der Waals surface area contributed by atoms with Crippen molar-refractivity contribution >= 4 is 0 Å². The van der Waals surface area contributed by atoms with Gasteiger partial charge in [-0.25, -0.2) is 0 Å². The predicted octanol–water partition coefficient (Wildman–Crippen LogP) is 0.323. The quantitative estimate of drug-likeness (QED) is 0.493. The van der Waals surface area contributed by atoms with Crippen molar-refractivity contribution in [2.75, 3.05) is 33.7 Å². The smallest absolute Gasteiger partial charge is 0.0821 e. The number of rotatable bonds is 6. The molecule has 0 heterocycles. The fourth-order valence-electron chi connectivity index (χ4n) is 3.18. The first-order valence-electron chi connectivity index (χ1n) is 7.28. The molecule has 3 atom stereocenters. The molecule has 3 N–H and O–H groups in total. The van der Waals surface area contributed by atoms with Crippen molar-refractivity contribution in [3.63, 3.8) is 0 Å². The van der Waals surface area contributed by atoms with E-state index in [4.69, 9.17) is 0 Å². The molecule has 1 aliphatic carbocycles. The van der Waals surface area contributed by atoms with Crippen molar-refractivity contribution in [1.82, 2.24) is 0 Å². The Hall–Kier alpha value is -0.340. The third-order valence-electron chi connectivity index (χ3n) is 4.12. The average Bonchev–Trinajstić information content (AvgIpc) is 2.20. The van der Waals surface area contributed by atoms with Gasteiger partial charge in [-0.15, -0.1) is 0 Å². The van der Waals surface area contributed by atoms with E-state index in [0.29, 0.717) is 0 Å². The van der Waals surface area contributed by atoms with Crippen LogP contribution in [0.15, 0.2) is 11.6 Å². The minimum Gasteiger partial charge on any atom is -0.346 e. The van der Waals surface area contributed by atoms with Gasteiger partial charge in [0.2, 0.25) is 0 Å². The van der Waals surface area contributed by atoms with E-state index in [9.17, 15) is 0 Å². The lowest BCUT2D eigenvalue weighted by molar-refractivity contribution is -0.860. The average molecular weight is 240 g/mol. The molecule has 1 aliphatic rings. The first kappa shape index (κ1) is 14.7. The fraction of sp³-hybridized carbons (Fsp3) is 0.867. The maximum absolute atomic E-state index is 2.54. The van der Waals surface area contributed by atoms with Crippen LogP contribution in [0.4, 0.5) is 0 Å². The van der Waals surface area contributed by atoms with Crippen LogP contribution in [0.3, 0.4) is 0 Å². The zero-order valence-corrected chi connectivity index (χ0v) is 12.4. The standard InChI is InChI=1S/C15H30N2/c1-12-9-13(2)15(14(3)10-12)11-16-7-6-8-17(4)5/h9,13-16H,6-8,10-11H2,1-5H3/p+2/t13-,14-,15-/m0/s1. The molecule has 17 heavy (non-hydrogen) atoms. The summed E-state index contributed by atoms with van der Waals surface area (Å²) in [5.74, 6) is 2.52. The van der Waals surface area contributed by atoms with E-state index in [1.54, 1.807) is 10.5 Å². The second-order valence-electron chi connectivity index (χ2n) is 6.34. The highest BCUT2D eigenvalue weighted by molar-refractivity contribution is 5.07. The Kier molecular flexibility index (Phi) is 6.21. The Balaban J connectivity index is 2.22. The van der Waals surface area contributed by atoms with Gasteiger partial charge in [0.15, 0.2) is 0 Å². The SMILES string of the molecule is CC1=C[C@H](C)[C@H](C[NH2+]CCC[NH+](C)C)[C@@H](C)C1. The first-order valence-corrected chi connectivity index (χ1v) is 7.28. The van der Waals surface area contributed by atoms with Crippen LogP contribution in [-0.2, 0) is 0 Å². The van der Waals surface area contributed by atoms with Gasteiger partial charge in [-0.1, -0.05) is 25.5 Å². The molecule has 0 radical (unpaired) electrons. The van der Waals surface area contributed by atoms with Gasteiger partial charge in [0.05, 0.1) is 33.7 Å². The molecule has 0 amide bonds. The normalized spacial score (nSPS) is 29.5. The van der Waals surface area contributed by atoms with Crippen molar-refractivity contribution in [3.8, 4) is 0 Å². The minimum absolute atomic E-state index is 0.773. The second-order valence-corrected chi connectivity index (χ2v) is 6.34. The Labute approximate surface area is 107 Å². The van der Waals surface area contributed by atoms with E-state index in [0.717, 1.165) is 17.8 Å². The molecular weight excluding hydrogens is 208 g/mol. The summed E-state index contributed by atoms with van der Waals surface area (Å²) in [6.07, 6.45) is 5.14. The number of hydrogen-bond donors (Lipinski definition) is 2. The summed E-state index contributed by atoms with van der Waals surface area (Å²) in [5, 5.41) is 2.54. The summed E-state index contributed by atoms with van der Waals surface area (Å²) < 4.78 is 0. The van der Waals surface area contributed by atoms with Crippen LogP contribution in [-0.4, -0.2) is 33.7 Å². The molecule has 0 aromatic rings. The molecule has 0 bridgehead atoms. The van der Waals surface area contributed by atoms with E-state index in [-0.39, 0.29) is 0 Å². The van der Waals surface area contributed by atoms with Gasteiger partial charge in [-0.05, 0) is 25.2 Å².